The third-order valence-electron chi connectivity index (χ3n) is 3.05. The van der Waals surface area contributed by atoms with Gasteiger partial charge in [0.1, 0.15) is 16.7 Å². The fourth-order valence-corrected chi connectivity index (χ4v) is 2.29. The predicted octanol–water partition coefficient (Wildman–Crippen LogP) is 3.57. The van der Waals surface area contributed by atoms with Crippen LogP contribution in [-0.4, -0.2) is 22.4 Å². The normalized spacial score (nSPS) is 10.9. The summed E-state index contributed by atoms with van der Waals surface area (Å²) in [6.07, 6.45) is 0. The van der Waals surface area contributed by atoms with E-state index in [4.69, 9.17) is 20.9 Å². The van der Waals surface area contributed by atoms with Crippen LogP contribution in [0.1, 0.15) is 5.69 Å². The van der Waals surface area contributed by atoms with Crippen molar-refractivity contribution in [2.24, 2.45) is 0 Å². The van der Waals surface area contributed by atoms with Gasteiger partial charge in [0.05, 0.1) is 23.9 Å². The molecule has 2 aromatic heterocycles. The van der Waals surface area contributed by atoms with E-state index in [0.29, 0.717) is 28.3 Å². The number of ether oxygens (including phenoxy) is 1. The molecule has 0 bridgehead atoms. The van der Waals surface area contributed by atoms with E-state index in [1.807, 2.05) is 6.92 Å². The lowest BCUT2D eigenvalue weighted by Crippen LogP contribution is -1.90. The number of aromatic nitrogens is 2. The molecule has 0 saturated heterocycles. The van der Waals surface area contributed by atoms with Gasteiger partial charge in [-0.25, -0.2) is 4.98 Å². The number of aromatic hydroxyl groups is 1. The lowest BCUT2D eigenvalue weighted by atomic mass is 10.1. The fraction of sp³-hybridized carbons (Fsp3) is 0.143. The second kappa shape index (κ2) is 4.68. The van der Waals surface area contributed by atoms with E-state index in [1.165, 1.54) is 0 Å². The standard InChI is InChI=1S/C14H11ClN2O3/c1-7-13-11(20-17-7)6-12(15)16-14(13)9-5-8(19-2)3-4-10(9)18/h3-6,18H,1-2H3. The number of methoxy groups -OCH3 is 1. The number of phenols is 1. The molecule has 0 fully saturated rings. The quantitative estimate of drug-likeness (QED) is 0.731. The topological polar surface area (TPSA) is 68.4 Å². The van der Waals surface area contributed by atoms with Gasteiger partial charge in [-0.05, 0) is 25.1 Å². The Morgan fingerprint density at radius 1 is 1.30 bits per heavy atom. The molecule has 0 atom stereocenters. The van der Waals surface area contributed by atoms with Crippen molar-refractivity contribution in [2.45, 2.75) is 6.92 Å². The average Bonchev–Trinajstić information content (AvgIpc) is 2.80. The highest BCUT2D eigenvalue weighted by Gasteiger charge is 2.17. The summed E-state index contributed by atoms with van der Waals surface area (Å²) in [6, 6.07) is 6.50. The van der Waals surface area contributed by atoms with Crippen molar-refractivity contribution >= 4 is 22.6 Å². The Balaban J connectivity index is 2.36. The van der Waals surface area contributed by atoms with Crippen LogP contribution in [0, 0.1) is 6.92 Å². The van der Waals surface area contributed by atoms with Crippen molar-refractivity contribution in [3.63, 3.8) is 0 Å². The van der Waals surface area contributed by atoms with Gasteiger partial charge < -0.3 is 14.4 Å². The highest BCUT2D eigenvalue weighted by atomic mass is 35.5. The van der Waals surface area contributed by atoms with E-state index in [2.05, 4.69) is 10.1 Å². The minimum absolute atomic E-state index is 0.0856. The van der Waals surface area contributed by atoms with Crippen LogP contribution in [0.2, 0.25) is 5.15 Å². The molecule has 1 aromatic carbocycles. The maximum atomic E-state index is 10.1. The lowest BCUT2D eigenvalue weighted by molar-refractivity contribution is 0.412. The Labute approximate surface area is 119 Å². The summed E-state index contributed by atoms with van der Waals surface area (Å²) < 4.78 is 10.4. The van der Waals surface area contributed by atoms with E-state index in [1.54, 1.807) is 31.4 Å². The predicted molar refractivity (Wildman–Crippen MR) is 75.2 cm³/mol. The van der Waals surface area contributed by atoms with Gasteiger partial charge in [-0.15, -0.1) is 0 Å². The second-order valence-electron chi connectivity index (χ2n) is 4.32. The molecule has 3 aromatic rings. The minimum atomic E-state index is 0.0856. The first kappa shape index (κ1) is 12.7. The smallest absolute Gasteiger partial charge is 0.172 e. The molecule has 0 aliphatic heterocycles. The summed E-state index contributed by atoms with van der Waals surface area (Å²) in [7, 11) is 1.56. The summed E-state index contributed by atoms with van der Waals surface area (Å²) >= 11 is 6.00. The Bertz CT molecular complexity index is 798. The fourth-order valence-electron chi connectivity index (χ4n) is 2.10. The third kappa shape index (κ3) is 1.96. The number of hydrogen-bond donors (Lipinski definition) is 1. The number of nitrogens with zero attached hydrogens (tertiary/aromatic N) is 2. The van der Waals surface area contributed by atoms with Crippen LogP contribution in [0.25, 0.3) is 22.2 Å². The van der Waals surface area contributed by atoms with Crippen LogP contribution < -0.4 is 4.74 Å². The van der Waals surface area contributed by atoms with Crippen LogP contribution >= 0.6 is 11.6 Å². The zero-order valence-corrected chi connectivity index (χ0v) is 11.6. The van der Waals surface area contributed by atoms with Gasteiger partial charge in [-0.3, -0.25) is 0 Å². The first-order valence-corrected chi connectivity index (χ1v) is 6.28. The van der Waals surface area contributed by atoms with Crippen LogP contribution in [-0.2, 0) is 0 Å². The Kier molecular flexibility index (Phi) is 2.99. The summed E-state index contributed by atoms with van der Waals surface area (Å²) in [5, 5.41) is 15.0. The molecule has 0 amide bonds. The van der Waals surface area contributed by atoms with Gasteiger partial charge in [0.25, 0.3) is 0 Å². The SMILES string of the molecule is COc1ccc(O)c(-c2nc(Cl)cc3onc(C)c23)c1. The van der Waals surface area contributed by atoms with Crippen molar-refractivity contribution < 1.29 is 14.4 Å². The van der Waals surface area contributed by atoms with Gasteiger partial charge in [-0.2, -0.15) is 0 Å². The average molecular weight is 291 g/mol. The van der Waals surface area contributed by atoms with Crippen molar-refractivity contribution in [2.75, 3.05) is 7.11 Å². The van der Waals surface area contributed by atoms with Crippen molar-refractivity contribution in [3.05, 3.63) is 35.1 Å². The van der Waals surface area contributed by atoms with Crippen molar-refractivity contribution in [3.8, 4) is 22.8 Å². The second-order valence-corrected chi connectivity index (χ2v) is 4.71. The van der Waals surface area contributed by atoms with Crippen LogP contribution in [0.5, 0.6) is 11.5 Å². The number of benzene rings is 1. The molecule has 0 spiro atoms. The number of halogens is 1. The summed E-state index contributed by atoms with van der Waals surface area (Å²) in [5.74, 6) is 0.698. The molecule has 102 valence electrons. The van der Waals surface area contributed by atoms with Gasteiger partial charge in [0.2, 0.25) is 0 Å². The van der Waals surface area contributed by atoms with E-state index >= 15 is 0 Å². The summed E-state index contributed by atoms with van der Waals surface area (Å²) in [5.41, 5.74) is 2.24. The zero-order valence-electron chi connectivity index (χ0n) is 10.8. The number of hydrogen-bond acceptors (Lipinski definition) is 5. The van der Waals surface area contributed by atoms with Crippen LogP contribution in [0.15, 0.2) is 28.8 Å². The number of fused-ring (bicyclic) bond motifs is 1. The van der Waals surface area contributed by atoms with Gasteiger partial charge in [0.15, 0.2) is 5.58 Å². The first-order chi connectivity index (χ1) is 9.60. The van der Waals surface area contributed by atoms with E-state index in [0.717, 1.165) is 5.39 Å². The molecule has 20 heavy (non-hydrogen) atoms. The highest BCUT2D eigenvalue weighted by molar-refractivity contribution is 6.30. The summed E-state index contributed by atoms with van der Waals surface area (Å²) in [4.78, 5) is 4.29. The maximum Gasteiger partial charge on any atom is 0.172 e. The molecular formula is C14H11ClN2O3. The minimum Gasteiger partial charge on any atom is -0.507 e. The molecule has 3 rings (SSSR count). The third-order valence-corrected chi connectivity index (χ3v) is 3.25. The van der Waals surface area contributed by atoms with E-state index in [9.17, 15) is 5.11 Å². The van der Waals surface area contributed by atoms with Gasteiger partial charge >= 0.3 is 0 Å². The Morgan fingerprint density at radius 2 is 2.10 bits per heavy atom. The molecule has 0 radical (unpaired) electrons. The van der Waals surface area contributed by atoms with Gasteiger partial charge in [-0.1, -0.05) is 16.8 Å². The van der Waals surface area contributed by atoms with Crippen LogP contribution in [0.3, 0.4) is 0 Å². The molecule has 5 nitrogen and oxygen atoms in total. The first-order valence-electron chi connectivity index (χ1n) is 5.90. The molecule has 6 heteroatoms. The monoisotopic (exact) mass is 290 g/mol. The number of rotatable bonds is 2. The Morgan fingerprint density at radius 3 is 2.85 bits per heavy atom. The summed E-state index contributed by atoms with van der Waals surface area (Å²) in [6.45, 7) is 1.81. The Hall–Kier alpha value is -2.27. The van der Waals surface area contributed by atoms with E-state index in [-0.39, 0.29) is 10.9 Å². The number of phenolic OH excluding ortho intramolecular Hbond substituents is 1. The molecule has 0 unspecified atom stereocenters. The highest BCUT2D eigenvalue weighted by Crippen LogP contribution is 2.37. The number of aryl methyl sites for hydroxylation is 1. The molecular weight excluding hydrogens is 280 g/mol. The van der Waals surface area contributed by atoms with Crippen LogP contribution in [0.4, 0.5) is 0 Å². The molecule has 2 heterocycles. The molecule has 0 saturated carbocycles. The van der Waals surface area contributed by atoms with E-state index < -0.39 is 0 Å². The van der Waals surface area contributed by atoms with Crippen molar-refractivity contribution in [1.29, 1.82) is 0 Å². The number of pyridine rings is 1. The molecule has 1 N–H and O–H groups in total. The zero-order chi connectivity index (χ0) is 14.3. The van der Waals surface area contributed by atoms with Crippen molar-refractivity contribution in [1.82, 2.24) is 10.1 Å². The largest absolute Gasteiger partial charge is 0.507 e. The molecule has 0 aliphatic rings. The van der Waals surface area contributed by atoms with Gasteiger partial charge in [0, 0.05) is 11.6 Å². The lowest BCUT2D eigenvalue weighted by Gasteiger charge is -2.08. The maximum absolute atomic E-state index is 10.1. The molecule has 0 aliphatic carbocycles.